The number of fused-ring (bicyclic) bond motifs is 7. The van der Waals surface area contributed by atoms with E-state index in [-0.39, 0.29) is 0 Å². The lowest BCUT2D eigenvalue weighted by molar-refractivity contribution is 1.07. The molecule has 10 rings (SSSR count). The van der Waals surface area contributed by atoms with Crippen LogP contribution in [0.2, 0.25) is 0 Å². The van der Waals surface area contributed by atoms with E-state index in [9.17, 15) is 5.26 Å². The minimum atomic E-state index is 0.435. The van der Waals surface area contributed by atoms with Gasteiger partial charge in [0, 0.05) is 55.8 Å². The lowest BCUT2D eigenvalue weighted by Gasteiger charge is -2.12. The van der Waals surface area contributed by atoms with Crippen molar-refractivity contribution < 1.29 is 0 Å². The van der Waals surface area contributed by atoms with Crippen LogP contribution in [-0.2, 0) is 0 Å². The molecule has 0 radical (unpaired) electrons. The molecule has 0 saturated heterocycles. The molecule has 7 nitrogen and oxygen atoms in total. The summed E-state index contributed by atoms with van der Waals surface area (Å²) in [7, 11) is 0. The van der Waals surface area contributed by atoms with E-state index in [1.165, 1.54) is 0 Å². The number of nitrogens with zero attached hydrogens (tertiary/aromatic N) is 7. The fraction of sp³-hybridized carbons (Fsp3) is 0. The topological polar surface area (TPSA) is 85.2 Å². The van der Waals surface area contributed by atoms with Crippen LogP contribution >= 0.6 is 0 Å². The van der Waals surface area contributed by atoms with Crippen LogP contribution in [0.15, 0.2) is 164 Å². The SMILES string of the molecule is N#Cc1cc(-n2c3ncccc3c3ccc4c(c5ccccc5n4-c4ccccc4)c32)ccc1-c1nc(-c2ccccc2)nc(-c2ccccc2)n1. The monoisotopic (exact) mass is 665 g/mol. The highest BCUT2D eigenvalue weighted by molar-refractivity contribution is 6.25. The average molecular weight is 666 g/mol. The molecule has 4 aromatic heterocycles. The second-order valence-corrected chi connectivity index (χ2v) is 12.6. The standard InChI is InChI=1S/C45H27N7/c46-28-31-27-33(22-23-34(31)44-49-42(29-13-4-1-5-14-29)48-43(50-44)30-15-6-2-7-16-30)52-41-35(36-20-12-26-47-45(36)52)24-25-39-40(41)37-19-10-11-21-38(37)51(39)32-17-8-3-9-18-32/h1-27H. The molecule has 0 atom stereocenters. The Morgan fingerprint density at radius 1 is 0.481 bits per heavy atom. The zero-order valence-electron chi connectivity index (χ0n) is 27.7. The van der Waals surface area contributed by atoms with Gasteiger partial charge in [-0.15, -0.1) is 0 Å². The normalized spacial score (nSPS) is 11.4. The summed E-state index contributed by atoms with van der Waals surface area (Å²) in [4.78, 5) is 19.6. The van der Waals surface area contributed by atoms with Crippen molar-refractivity contribution in [2.75, 3.05) is 0 Å². The van der Waals surface area contributed by atoms with Gasteiger partial charge in [-0.25, -0.2) is 19.9 Å². The Morgan fingerprint density at radius 2 is 1.12 bits per heavy atom. The predicted octanol–water partition coefficient (Wildman–Crippen LogP) is 10.3. The van der Waals surface area contributed by atoms with Crippen LogP contribution in [0.1, 0.15) is 5.56 Å². The summed E-state index contributed by atoms with van der Waals surface area (Å²) in [6.45, 7) is 0. The first-order valence-corrected chi connectivity index (χ1v) is 17.1. The number of benzene rings is 6. The maximum atomic E-state index is 10.7. The van der Waals surface area contributed by atoms with Crippen molar-refractivity contribution in [2.24, 2.45) is 0 Å². The van der Waals surface area contributed by atoms with Crippen LogP contribution in [0, 0.1) is 11.3 Å². The molecule has 52 heavy (non-hydrogen) atoms. The van der Waals surface area contributed by atoms with Crippen molar-refractivity contribution in [3.05, 3.63) is 169 Å². The summed E-state index contributed by atoms with van der Waals surface area (Å²) in [6, 6.07) is 55.5. The maximum Gasteiger partial charge on any atom is 0.165 e. The van der Waals surface area contributed by atoms with E-state index >= 15 is 0 Å². The third-order valence-electron chi connectivity index (χ3n) is 9.66. The van der Waals surface area contributed by atoms with Gasteiger partial charge in [0.25, 0.3) is 0 Å². The van der Waals surface area contributed by atoms with Crippen LogP contribution in [-0.4, -0.2) is 29.1 Å². The Bertz CT molecular complexity index is 2950. The molecule has 6 aromatic carbocycles. The molecular formula is C45H27N7. The summed E-state index contributed by atoms with van der Waals surface area (Å²) >= 11 is 0. The molecule has 10 aromatic rings. The van der Waals surface area contributed by atoms with Gasteiger partial charge < -0.3 is 4.57 Å². The highest BCUT2D eigenvalue weighted by atomic mass is 15.1. The summed E-state index contributed by atoms with van der Waals surface area (Å²) in [5.74, 6) is 1.52. The van der Waals surface area contributed by atoms with Gasteiger partial charge in [0.2, 0.25) is 0 Å². The number of para-hydroxylation sites is 2. The molecule has 0 fully saturated rings. The number of aromatic nitrogens is 6. The molecular weight excluding hydrogens is 639 g/mol. The molecule has 4 heterocycles. The van der Waals surface area contributed by atoms with E-state index in [1.807, 2.05) is 97.2 Å². The molecule has 0 aliphatic carbocycles. The lowest BCUT2D eigenvalue weighted by Crippen LogP contribution is -2.02. The highest BCUT2D eigenvalue weighted by Gasteiger charge is 2.22. The molecule has 0 amide bonds. The molecule has 7 heteroatoms. The average Bonchev–Trinajstić information content (AvgIpc) is 3.74. The Labute approximate surface area is 298 Å². The van der Waals surface area contributed by atoms with Crippen molar-refractivity contribution in [1.82, 2.24) is 29.1 Å². The fourth-order valence-corrected chi connectivity index (χ4v) is 7.38. The van der Waals surface area contributed by atoms with Gasteiger partial charge in [-0.3, -0.25) is 4.57 Å². The Kier molecular flexibility index (Phi) is 6.73. The smallest absolute Gasteiger partial charge is 0.165 e. The molecule has 0 saturated carbocycles. The van der Waals surface area contributed by atoms with Gasteiger partial charge >= 0.3 is 0 Å². The molecule has 0 N–H and O–H groups in total. The third-order valence-corrected chi connectivity index (χ3v) is 9.66. The molecule has 0 unspecified atom stereocenters. The lowest BCUT2D eigenvalue weighted by atomic mass is 10.1. The third kappa shape index (κ3) is 4.59. The predicted molar refractivity (Wildman–Crippen MR) is 207 cm³/mol. The first-order chi connectivity index (χ1) is 25.8. The van der Waals surface area contributed by atoms with Gasteiger partial charge in [-0.1, -0.05) is 103 Å². The molecule has 0 aliphatic rings. The van der Waals surface area contributed by atoms with Crippen molar-refractivity contribution in [2.45, 2.75) is 0 Å². The first kappa shape index (κ1) is 29.5. The summed E-state index contributed by atoms with van der Waals surface area (Å²) in [6.07, 6.45) is 1.82. The number of nitriles is 1. The maximum absolute atomic E-state index is 10.7. The zero-order valence-corrected chi connectivity index (χ0v) is 27.7. The van der Waals surface area contributed by atoms with Crippen LogP contribution < -0.4 is 0 Å². The minimum absolute atomic E-state index is 0.435. The summed E-state index contributed by atoms with van der Waals surface area (Å²) in [5, 5.41) is 15.1. The summed E-state index contributed by atoms with van der Waals surface area (Å²) < 4.78 is 4.51. The van der Waals surface area contributed by atoms with Crippen LogP contribution in [0.5, 0.6) is 0 Å². The zero-order chi connectivity index (χ0) is 34.6. The fourth-order valence-electron chi connectivity index (χ4n) is 7.38. The van der Waals surface area contributed by atoms with Gasteiger partial charge in [0.1, 0.15) is 5.65 Å². The van der Waals surface area contributed by atoms with E-state index in [2.05, 4.69) is 81.9 Å². The molecule has 0 spiro atoms. The van der Waals surface area contributed by atoms with E-state index in [4.69, 9.17) is 19.9 Å². The molecule has 0 aliphatic heterocycles. The van der Waals surface area contributed by atoms with E-state index < -0.39 is 0 Å². The highest BCUT2D eigenvalue weighted by Crippen LogP contribution is 2.42. The largest absolute Gasteiger partial charge is 0.309 e. The van der Waals surface area contributed by atoms with E-state index in [0.29, 0.717) is 28.6 Å². The Balaban J connectivity index is 1.24. The minimum Gasteiger partial charge on any atom is -0.309 e. The van der Waals surface area contributed by atoms with E-state index in [0.717, 1.165) is 66.2 Å². The van der Waals surface area contributed by atoms with Crippen molar-refractivity contribution >= 4 is 43.7 Å². The van der Waals surface area contributed by atoms with Crippen LogP contribution in [0.4, 0.5) is 0 Å². The van der Waals surface area contributed by atoms with Gasteiger partial charge in [-0.2, -0.15) is 5.26 Å². The second-order valence-electron chi connectivity index (χ2n) is 12.6. The van der Waals surface area contributed by atoms with Crippen LogP contribution in [0.3, 0.4) is 0 Å². The van der Waals surface area contributed by atoms with Crippen molar-refractivity contribution in [1.29, 1.82) is 5.26 Å². The number of rotatable bonds is 5. The van der Waals surface area contributed by atoms with Gasteiger partial charge in [0.15, 0.2) is 17.5 Å². The Morgan fingerprint density at radius 3 is 1.83 bits per heavy atom. The quantitative estimate of drug-likeness (QED) is 0.183. The van der Waals surface area contributed by atoms with Gasteiger partial charge in [0.05, 0.1) is 28.2 Å². The summed E-state index contributed by atoms with van der Waals surface area (Å²) in [5.41, 5.74) is 8.79. The number of hydrogen-bond donors (Lipinski definition) is 0. The first-order valence-electron chi connectivity index (χ1n) is 17.1. The second kappa shape index (κ2) is 11.9. The van der Waals surface area contributed by atoms with E-state index in [1.54, 1.807) is 0 Å². The van der Waals surface area contributed by atoms with Crippen molar-refractivity contribution in [3.8, 4) is 51.6 Å². The van der Waals surface area contributed by atoms with Crippen molar-refractivity contribution in [3.63, 3.8) is 0 Å². The number of pyridine rings is 1. The molecule has 242 valence electrons. The molecule has 0 bridgehead atoms. The van der Waals surface area contributed by atoms with Gasteiger partial charge in [-0.05, 0) is 54.6 Å². The number of hydrogen-bond acceptors (Lipinski definition) is 5. The van der Waals surface area contributed by atoms with Crippen LogP contribution in [0.25, 0.3) is 89.3 Å². The Hall–Kier alpha value is -7.43.